The fraction of sp³-hybridized carbons (Fsp3) is 0.773. The van der Waals surface area contributed by atoms with Gasteiger partial charge in [0, 0.05) is 31.4 Å². The molecule has 1 aliphatic heterocycles. The highest BCUT2D eigenvalue weighted by Gasteiger charge is 2.49. The van der Waals surface area contributed by atoms with Gasteiger partial charge in [-0.1, -0.05) is 0 Å². The average molecular weight is 565 g/mol. The van der Waals surface area contributed by atoms with E-state index in [2.05, 4.69) is 15.7 Å². The first kappa shape index (κ1) is 28.5. The molecule has 9 nitrogen and oxygen atoms in total. The van der Waals surface area contributed by atoms with Crippen LogP contribution < -0.4 is 10.6 Å². The van der Waals surface area contributed by atoms with Gasteiger partial charge in [0.1, 0.15) is 11.3 Å². The van der Waals surface area contributed by atoms with Crippen LogP contribution >= 0.6 is 24.0 Å². The van der Waals surface area contributed by atoms with Crippen LogP contribution in [-0.2, 0) is 23.1 Å². The number of carbonyl (C=O) groups is 1. The van der Waals surface area contributed by atoms with Crippen molar-refractivity contribution >= 4 is 36.0 Å². The monoisotopic (exact) mass is 564 g/mol. The Balaban J connectivity index is 0.00000512. The molecular formula is C22H41IN6O3. The molecule has 2 N–H and O–H groups in total. The highest BCUT2D eigenvalue weighted by molar-refractivity contribution is 14.0. The standard InChI is InChI=1S/C22H40N6O3.HI/c1-11-23-19(24-12-17-14(2)26-27(10)15(17)3)25-13-18-16(4)30-22(8,9)28(18)20(29)31-21(5,6)7;/h16,18H,11-13H2,1-10H3,(H2,23,24,25);1H. The molecule has 2 rings (SSSR count). The third-order valence-corrected chi connectivity index (χ3v) is 5.40. The summed E-state index contributed by atoms with van der Waals surface area (Å²) >= 11 is 0. The lowest BCUT2D eigenvalue weighted by Gasteiger charge is -2.35. The first-order valence-electron chi connectivity index (χ1n) is 11.0. The molecule has 1 aromatic heterocycles. The molecule has 1 aliphatic rings. The van der Waals surface area contributed by atoms with Gasteiger partial charge in [-0.2, -0.15) is 5.10 Å². The van der Waals surface area contributed by atoms with Crippen LogP contribution in [0.2, 0.25) is 0 Å². The minimum Gasteiger partial charge on any atom is -0.444 e. The quantitative estimate of drug-likeness (QED) is 0.323. The van der Waals surface area contributed by atoms with Crippen molar-refractivity contribution in [2.75, 3.05) is 13.1 Å². The van der Waals surface area contributed by atoms with Crippen LogP contribution in [0.25, 0.3) is 0 Å². The summed E-state index contributed by atoms with van der Waals surface area (Å²) < 4.78 is 13.6. The summed E-state index contributed by atoms with van der Waals surface area (Å²) in [6, 6.07) is -0.199. The molecule has 0 bridgehead atoms. The van der Waals surface area contributed by atoms with Gasteiger partial charge < -0.3 is 20.1 Å². The van der Waals surface area contributed by atoms with Crippen molar-refractivity contribution in [3.63, 3.8) is 0 Å². The first-order chi connectivity index (χ1) is 14.3. The molecule has 10 heteroatoms. The van der Waals surface area contributed by atoms with Crippen molar-refractivity contribution in [1.29, 1.82) is 0 Å². The maximum atomic E-state index is 12.9. The Bertz CT molecular complexity index is 815. The van der Waals surface area contributed by atoms with Gasteiger partial charge in [0.2, 0.25) is 0 Å². The molecule has 2 heterocycles. The van der Waals surface area contributed by atoms with Gasteiger partial charge >= 0.3 is 6.09 Å². The Morgan fingerprint density at radius 1 is 1.28 bits per heavy atom. The van der Waals surface area contributed by atoms with E-state index in [1.165, 1.54) is 0 Å². The zero-order valence-electron chi connectivity index (χ0n) is 21.2. The number of aryl methyl sites for hydroxylation is 2. The predicted molar refractivity (Wildman–Crippen MR) is 137 cm³/mol. The smallest absolute Gasteiger partial charge is 0.412 e. The van der Waals surface area contributed by atoms with Crippen molar-refractivity contribution in [3.05, 3.63) is 17.0 Å². The summed E-state index contributed by atoms with van der Waals surface area (Å²) in [5, 5.41) is 11.1. The highest BCUT2D eigenvalue weighted by Crippen LogP contribution is 2.33. The van der Waals surface area contributed by atoms with Gasteiger partial charge in [-0.05, 0) is 62.3 Å². The summed E-state index contributed by atoms with van der Waals surface area (Å²) in [5.41, 5.74) is 1.87. The van der Waals surface area contributed by atoms with Gasteiger partial charge in [-0.3, -0.25) is 9.58 Å². The number of nitrogens with one attached hydrogen (secondary N) is 2. The van der Waals surface area contributed by atoms with E-state index < -0.39 is 11.3 Å². The molecule has 0 aromatic carbocycles. The van der Waals surface area contributed by atoms with Crippen molar-refractivity contribution < 1.29 is 14.3 Å². The van der Waals surface area contributed by atoms with E-state index in [4.69, 9.17) is 14.5 Å². The van der Waals surface area contributed by atoms with E-state index in [-0.39, 0.29) is 42.2 Å². The number of aromatic nitrogens is 2. The molecule has 1 aromatic rings. The molecule has 0 radical (unpaired) electrons. The van der Waals surface area contributed by atoms with Crippen molar-refractivity contribution in [3.8, 4) is 0 Å². The number of hydrogen-bond donors (Lipinski definition) is 2. The molecule has 32 heavy (non-hydrogen) atoms. The summed E-state index contributed by atoms with van der Waals surface area (Å²) in [4.78, 5) is 19.4. The van der Waals surface area contributed by atoms with Crippen LogP contribution in [0.3, 0.4) is 0 Å². The second-order valence-electron chi connectivity index (χ2n) is 9.54. The molecular weight excluding hydrogens is 523 g/mol. The molecule has 184 valence electrons. The number of hydrogen-bond acceptors (Lipinski definition) is 5. The van der Waals surface area contributed by atoms with Crippen LogP contribution in [0.4, 0.5) is 4.79 Å². The van der Waals surface area contributed by atoms with Crippen LogP contribution in [-0.4, -0.2) is 63.3 Å². The normalized spacial score (nSPS) is 20.7. The van der Waals surface area contributed by atoms with Crippen LogP contribution in [0.5, 0.6) is 0 Å². The average Bonchev–Trinajstić information content (AvgIpc) is 2.99. The predicted octanol–water partition coefficient (Wildman–Crippen LogP) is 3.47. The molecule has 1 saturated heterocycles. The molecule has 0 spiro atoms. The number of aliphatic imine (C=N–C) groups is 1. The van der Waals surface area contributed by atoms with Gasteiger partial charge in [0.25, 0.3) is 0 Å². The maximum Gasteiger partial charge on any atom is 0.412 e. The van der Waals surface area contributed by atoms with E-state index in [1.807, 2.05) is 74.0 Å². The maximum absolute atomic E-state index is 12.9. The number of amides is 1. The Kier molecular flexibility index (Phi) is 9.82. The van der Waals surface area contributed by atoms with Gasteiger partial charge in [0.15, 0.2) is 5.96 Å². The Hall–Kier alpha value is -1.56. The summed E-state index contributed by atoms with van der Waals surface area (Å²) in [6.45, 7) is 19.2. The minimum absolute atomic E-state index is 0. The van der Waals surface area contributed by atoms with E-state index in [0.29, 0.717) is 19.0 Å². The number of halogens is 1. The molecule has 1 amide bonds. The fourth-order valence-corrected chi connectivity index (χ4v) is 3.87. The number of rotatable bonds is 5. The number of guanidine groups is 1. The zero-order valence-corrected chi connectivity index (χ0v) is 23.5. The zero-order chi connectivity index (χ0) is 23.6. The fourth-order valence-electron chi connectivity index (χ4n) is 3.87. The van der Waals surface area contributed by atoms with Gasteiger partial charge in [-0.25, -0.2) is 9.79 Å². The van der Waals surface area contributed by atoms with Gasteiger partial charge in [-0.15, -0.1) is 24.0 Å². The number of nitrogens with zero attached hydrogens (tertiary/aromatic N) is 4. The second kappa shape index (κ2) is 11.0. The SMILES string of the molecule is CCNC(=NCc1c(C)nn(C)c1C)NCC1C(C)OC(C)(C)N1C(=O)OC(C)(C)C.I. The third kappa shape index (κ3) is 6.97. The molecule has 0 saturated carbocycles. The van der Waals surface area contributed by atoms with E-state index in [1.54, 1.807) is 4.90 Å². The number of ether oxygens (including phenoxy) is 2. The Morgan fingerprint density at radius 2 is 1.91 bits per heavy atom. The van der Waals surface area contributed by atoms with E-state index >= 15 is 0 Å². The highest BCUT2D eigenvalue weighted by atomic mass is 127. The molecule has 1 fully saturated rings. The van der Waals surface area contributed by atoms with Crippen molar-refractivity contribution in [2.45, 2.75) is 92.3 Å². The lowest BCUT2D eigenvalue weighted by Crippen LogP contribution is -2.54. The Labute approximate surface area is 209 Å². The molecule has 0 aliphatic carbocycles. The summed E-state index contributed by atoms with van der Waals surface area (Å²) in [6.07, 6.45) is -0.530. The van der Waals surface area contributed by atoms with Crippen molar-refractivity contribution in [1.82, 2.24) is 25.3 Å². The lowest BCUT2D eigenvalue weighted by molar-refractivity contribution is -0.0755. The first-order valence-corrected chi connectivity index (χ1v) is 11.0. The number of carbonyl (C=O) groups excluding carboxylic acids is 1. The van der Waals surface area contributed by atoms with Crippen LogP contribution in [0, 0.1) is 13.8 Å². The largest absolute Gasteiger partial charge is 0.444 e. The topological polar surface area (TPSA) is 93.0 Å². The lowest BCUT2D eigenvalue weighted by atomic mass is 10.1. The van der Waals surface area contributed by atoms with Crippen molar-refractivity contribution in [2.24, 2.45) is 12.0 Å². The van der Waals surface area contributed by atoms with E-state index in [9.17, 15) is 4.79 Å². The van der Waals surface area contributed by atoms with Crippen LogP contribution in [0.15, 0.2) is 4.99 Å². The van der Waals surface area contributed by atoms with Gasteiger partial charge in [0.05, 0.1) is 24.4 Å². The molecule has 2 unspecified atom stereocenters. The van der Waals surface area contributed by atoms with Crippen LogP contribution in [0.1, 0.15) is 65.4 Å². The second-order valence-corrected chi connectivity index (χ2v) is 9.54. The Morgan fingerprint density at radius 3 is 2.41 bits per heavy atom. The van der Waals surface area contributed by atoms with E-state index in [0.717, 1.165) is 23.5 Å². The third-order valence-electron chi connectivity index (χ3n) is 5.40. The molecule has 2 atom stereocenters. The minimum atomic E-state index is -0.756. The summed E-state index contributed by atoms with van der Waals surface area (Å²) in [7, 11) is 1.94. The summed E-state index contributed by atoms with van der Waals surface area (Å²) in [5.74, 6) is 0.686.